The van der Waals surface area contributed by atoms with Crippen molar-refractivity contribution in [2.45, 2.75) is 32.9 Å². The van der Waals surface area contributed by atoms with E-state index in [1.165, 1.54) is 5.56 Å². The van der Waals surface area contributed by atoms with E-state index in [9.17, 15) is 0 Å². The van der Waals surface area contributed by atoms with E-state index in [0.717, 1.165) is 13.1 Å². The smallest absolute Gasteiger partial charge is 0.204 e. The number of hydrogen-bond acceptors (Lipinski definition) is 2. The van der Waals surface area contributed by atoms with Crippen LogP contribution in [0.1, 0.15) is 32.4 Å². The molecule has 1 aliphatic heterocycles. The average Bonchev–Trinajstić information content (AvgIpc) is 2.67. The van der Waals surface area contributed by atoms with Crippen LogP contribution in [-0.2, 0) is 16.3 Å². The summed E-state index contributed by atoms with van der Waals surface area (Å²) in [6.07, 6.45) is 0.0811. The van der Waals surface area contributed by atoms with Crippen molar-refractivity contribution >= 4 is 18.4 Å². The van der Waals surface area contributed by atoms with Gasteiger partial charge in [0.25, 0.3) is 0 Å². The molecule has 19 heavy (non-hydrogen) atoms. The van der Waals surface area contributed by atoms with Gasteiger partial charge >= 0.3 is 0 Å². The van der Waals surface area contributed by atoms with Crippen molar-refractivity contribution in [3.8, 4) is 0 Å². The maximum absolute atomic E-state index is 6.38. The minimum absolute atomic E-state index is 0.0811. The molecule has 106 valence electrons. The Hall–Kier alpha value is -0.250. The highest BCUT2D eigenvalue weighted by Crippen LogP contribution is 2.64. The van der Waals surface area contributed by atoms with Gasteiger partial charge < -0.3 is 4.52 Å². The molecule has 0 aliphatic carbocycles. The first-order valence-electron chi connectivity index (χ1n) is 6.86. The van der Waals surface area contributed by atoms with Crippen LogP contribution in [0.4, 0.5) is 0 Å². The number of hydrogen-bond donors (Lipinski definition) is 0. The Morgan fingerprint density at radius 2 is 1.84 bits per heavy atom. The predicted molar refractivity (Wildman–Crippen MR) is 84.7 cm³/mol. The fourth-order valence-corrected chi connectivity index (χ4v) is 6.55. The Morgan fingerprint density at radius 1 is 1.26 bits per heavy atom. The van der Waals surface area contributed by atoms with Crippen LogP contribution in [0.25, 0.3) is 0 Å². The van der Waals surface area contributed by atoms with Crippen molar-refractivity contribution in [2.75, 3.05) is 20.1 Å². The molecule has 3 unspecified atom stereocenters. The second-order valence-electron chi connectivity index (χ2n) is 4.88. The van der Waals surface area contributed by atoms with E-state index < -0.39 is 6.57 Å². The minimum atomic E-state index is -2.05. The summed E-state index contributed by atoms with van der Waals surface area (Å²) < 4.78 is 10.9. The number of nitrogens with zero attached hydrogens (tertiary/aromatic N) is 2. The van der Waals surface area contributed by atoms with Crippen molar-refractivity contribution in [3.63, 3.8) is 0 Å². The molecule has 1 aliphatic rings. The Kier molecular flexibility index (Phi) is 4.80. The molecule has 3 atom stereocenters. The van der Waals surface area contributed by atoms with Crippen LogP contribution >= 0.6 is 6.57 Å². The van der Waals surface area contributed by atoms with Crippen LogP contribution in [0.15, 0.2) is 30.3 Å². The first-order valence-corrected chi connectivity index (χ1v) is 9.49. The highest BCUT2D eigenvalue weighted by molar-refractivity contribution is 8.10. The fourth-order valence-electron chi connectivity index (χ4n) is 2.57. The normalized spacial score (nSPS) is 32.1. The van der Waals surface area contributed by atoms with E-state index in [0.29, 0.717) is 6.04 Å². The first-order chi connectivity index (χ1) is 9.04. The van der Waals surface area contributed by atoms with Gasteiger partial charge in [-0.2, -0.15) is 0 Å². The molecular weight excluding hydrogens is 275 g/mol. The largest absolute Gasteiger partial charge is 0.317 e. The minimum Gasteiger partial charge on any atom is -0.317 e. The highest BCUT2D eigenvalue weighted by atomic mass is 32.5. The molecule has 0 radical (unpaired) electrons. The third-order valence-corrected chi connectivity index (χ3v) is 8.56. The zero-order valence-corrected chi connectivity index (χ0v) is 13.8. The van der Waals surface area contributed by atoms with Crippen LogP contribution in [0.2, 0.25) is 0 Å². The average molecular weight is 298 g/mol. The number of benzene rings is 1. The van der Waals surface area contributed by atoms with E-state index in [1.807, 2.05) is 6.07 Å². The summed E-state index contributed by atoms with van der Waals surface area (Å²) in [6.45, 7) is 6.32. The van der Waals surface area contributed by atoms with Crippen molar-refractivity contribution in [1.29, 1.82) is 0 Å². The summed E-state index contributed by atoms with van der Waals surface area (Å²) >= 11 is 5.90. The molecule has 2 rings (SSSR count). The van der Waals surface area contributed by atoms with Crippen LogP contribution in [-0.4, -0.2) is 35.5 Å². The van der Waals surface area contributed by atoms with Crippen LogP contribution < -0.4 is 0 Å². The summed E-state index contributed by atoms with van der Waals surface area (Å²) in [5.41, 5.74) is 1.22. The second kappa shape index (κ2) is 6.02. The fraction of sp³-hybridized carbons (Fsp3) is 0.571. The van der Waals surface area contributed by atoms with E-state index in [1.54, 1.807) is 0 Å². The van der Waals surface area contributed by atoms with Crippen LogP contribution in [0, 0.1) is 0 Å². The molecule has 1 aromatic carbocycles. The number of likely N-dealkylation sites (N-methyl/N-ethyl adjacent to an activating group) is 1. The second-order valence-corrected chi connectivity index (χ2v) is 8.70. The van der Waals surface area contributed by atoms with Gasteiger partial charge in [-0.15, -0.1) is 0 Å². The van der Waals surface area contributed by atoms with Gasteiger partial charge in [-0.3, -0.25) is 0 Å². The Balaban J connectivity index is 2.31. The van der Waals surface area contributed by atoms with E-state index in [4.69, 9.17) is 16.3 Å². The third kappa shape index (κ3) is 2.65. The molecule has 3 nitrogen and oxygen atoms in total. The monoisotopic (exact) mass is 298 g/mol. The SMILES string of the molecule is CCN(CC)P1(=S)OC(c2ccccc2)C(C)N1C. The summed E-state index contributed by atoms with van der Waals surface area (Å²) in [7, 11) is 2.10. The summed E-state index contributed by atoms with van der Waals surface area (Å²) in [6, 6.07) is 10.7. The van der Waals surface area contributed by atoms with Crippen molar-refractivity contribution < 1.29 is 4.52 Å². The molecule has 0 spiro atoms. The van der Waals surface area contributed by atoms with E-state index in [2.05, 4.69) is 61.4 Å². The molecule has 1 fully saturated rings. The molecule has 1 aromatic rings. The molecule has 0 N–H and O–H groups in total. The van der Waals surface area contributed by atoms with Crippen molar-refractivity contribution in [2.24, 2.45) is 0 Å². The third-order valence-electron chi connectivity index (χ3n) is 3.89. The van der Waals surface area contributed by atoms with Crippen molar-refractivity contribution in [1.82, 2.24) is 9.34 Å². The van der Waals surface area contributed by atoms with Crippen LogP contribution in [0.5, 0.6) is 0 Å². The molecule has 5 heteroatoms. The van der Waals surface area contributed by atoms with Gasteiger partial charge in [0, 0.05) is 19.1 Å². The van der Waals surface area contributed by atoms with Gasteiger partial charge in [0.2, 0.25) is 6.57 Å². The highest BCUT2D eigenvalue weighted by Gasteiger charge is 2.45. The lowest BCUT2D eigenvalue weighted by Crippen LogP contribution is -2.29. The molecule has 0 aromatic heterocycles. The molecular formula is C14H23N2OPS. The van der Waals surface area contributed by atoms with Gasteiger partial charge in [0.15, 0.2) is 0 Å². The maximum Gasteiger partial charge on any atom is 0.204 e. The van der Waals surface area contributed by atoms with E-state index >= 15 is 0 Å². The Bertz CT molecular complexity index is 464. The molecule has 0 bridgehead atoms. The van der Waals surface area contributed by atoms with Gasteiger partial charge in [-0.05, 0) is 31.3 Å². The van der Waals surface area contributed by atoms with Gasteiger partial charge in [0.1, 0.15) is 6.10 Å². The van der Waals surface area contributed by atoms with Gasteiger partial charge in [-0.25, -0.2) is 9.34 Å². The predicted octanol–water partition coefficient (Wildman–Crippen LogP) is 3.64. The first kappa shape index (κ1) is 15.1. The molecule has 0 saturated carbocycles. The summed E-state index contributed by atoms with van der Waals surface area (Å²) in [5.74, 6) is 0. The lowest BCUT2D eigenvalue weighted by molar-refractivity contribution is 0.210. The molecule has 1 saturated heterocycles. The van der Waals surface area contributed by atoms with Gasteiger partial charge in [0.05, 0.1) is 0 Å². The summed E-state index contributed by atoms with van der Waals surface area (Å²) in [4.78, 5) is 0. The maximum atomic E-state index is 6.38. The Morgan fingerprint density at radius 3 is 2.37 bits per heavy atom. The van der Waals surface area contributed by atoms with E-state index in [-0.39, 0.29) is 6.10 Å². The standard InChI is InChI=1S/C14H23N2OPS/c1-5-16(6-2)18(19)15(4)12(3)14(17-18)13-10-8-7-9-11-13/h7-12,14H,5-6H2,1-4H3. The summed E-state index contributed by atoms with van der Waals surface area (Å²) in [5, 5.41) is 0. The molecule has 1 heterocycles. The zero-order chi connectivity index (χ0) is 14.0. The topological polar surface area (TPSA) is 15.7 Å². The number of rotatable bonds is 4. The quantitative estimate of drug-likeness (QED) is 0.788. The van der Waals surface area contributed by atoms with Crippen molar-refractivity contribution in [3.05, 3.63) is 35.9 Å². The zero-order valence-electron chi connectivity index (χ0n) is 12.1. The lowest BCUT2D eigenvalue weighted by Gasteiger charge is -2.34. The Labute approximate surface area is 121 Å². The van der Waals surface area contributed by atoms with Gasteiger partial charge in [-0.1, -0.05) is 44.2 Å². The molecule has 0 amide bonds. The lowest BCUT2D eigenvalue weighted by atomic mass is 10.0. The van der Waals surface area contributed by atoms with Crippen LogP contribution in [0.3, 0.4) is 0 Å².